The van der Waals surface area contributed by atoms with Crippen LogP contribution in [0.15, 0.2) is 35.2 Å². The number of halogens is 2. The van der Waals surface area contributed by atoms with Gasteiger partial charge in [-0.15, -0.1) is 0 Å². The minimum absolute atomic E-state index is 0.116. The monoisotopic (exact) mass is 226 g/mol. The van der Waals surface area contributed by atoms with Crippen LogP contribution in [0.2, 0.25) is 5.02 Å². The highest BCUT2D eigenvalue weighted by atomic mass is 35.5. The zero-order valence-corrected chi connectivity index (χ0v) is 8.46. The molecule has 0 atom stereocenters. The first-order valence-corrected chi connectivity index (χ1v) is 4.70. The van der Waals surface area contributed by atoms with Crippen LogP contribution in [-0.4, -0.2) is 5.16 Å². The van der Waals surface area contributed by atoms with E-state index in [-0.39, 0.29) is 5.02 Å². The summed E-state index contributed by atoms with van der Waals surface area (Å²) in [6, 6.07) is 4.56. The van der Waals surface area contributed by atoms with Gasteiger partial charge in [-0.05, 0) is 18.2 Å². The number of anilines is 1. The average molecular weight is 227 g/mol. The van der Waals surface area contributed by atoms with E-state index in [1.165, 1.54) is 18.4 Å². The minimum atomic E-state index is -0.438. The fourth-order valence-corrected chi connectivity index (χ4v) is 1.24. The largest absolute Gasteiger partial charge is 0.381 e. The van der Waals surface area contributed by atoms with Crippen LogP contribution < -0.4 is 5.32 Å². The Morgan fingerprint density at radius 3 is 3.00 bits per heavy atom. The van der Waals surface area contributed by atoms with E-state index in [1.807, 2.05) is 0 Å². The second kappa shape index (κ2) is 4.31. The van der Waals surface area contributed by atoms with Gasteiger partial charge in [0.15, 0.2) is 0 Å². The molecule has 0 saturated heterocycles. The topological polar surface area (TPSA) is 38.1 Å². The maximum atomic E-state index is 13.0. The van der Waals surface area contributed by atoms with Crippen LogP contribution in [0.3, 0.4) is 0 Å². The van der Waals surface area contributed by atoms with Crippen molar-refractivity contribution in [2.75, 3.05) is 5.32 Å². The lowest BCUT2D eigenvalue weighted by Gasteiger charge is -2.04. The molecule has 0 aliphatic heterocycles. The van der Waals surface area contributed by atoms with Crippen LogP contribution >= 0.6 is 11.6 Å². The van der Waals surface area contributed by atoms with Crippen molar-refractivity contribution < 1.29 is 8.91 Å². The van der Waals surface area contributed by atoms with Crippen LogP contribution in [0.4, 0.5) is 10.1 Å². The van der Waals surface area contributed by atoms with Gasteiger partial charge < -0.3 is 9.84 Å². The van der Waals surface area contributed by atoms with Gasteiger partial charge in [0.25, 0.3) is 0 Å². The number of benzene rings is 1. The van der Waals surface area contributed by atoms with Gasteiger partial charge >= 0.3 is 0 Å². The van der Waals surface area contributed by atoms with Crippen molar-refractivity contribution in [3.8, 4) is 0 Å². The zero-order chi connectivity index (χ0) is 10.7. The molecule has 0 fully saturated rings. The number of rotatable bonds is 3. The molecule has 0 aliphatic rings. The van der Waals surface area contributed by atoms with E-state index in [0.717, 1.165) is 5.56 Å². The summed E-state index contributed by atoms with van der Waals surface area (Å²) in [7, 11) is 0. The molecule has 3 nitrogen and oxygen atoms in total. The van der Waals surface area contributed by atoms with Crippen LogP contribution in [-0.2, 0) is 6.54 Å². The molecule has 1 heterocycles. The van der Waals surface area contributed by atoms with E-state index >= 15 is 0 Å². The van der Waals surface area contributed by atoms with Crippen LogP contribution in [0.1, 0.15) is 5.56 Å². The highest BCUT2D eigenvalue weighted by Gasteiger charge is 2.01. The van der Waals surface area contributed by atoms with E-state index in [0.29, 0.717) is 12.2 Å². The summed E-state index contributed by atoms with van der Waals surface area (Å²) in [5.41, 5.74) is 1.56. The smallest absolute Gasteiger partial charge is 0.143 e. The van der Waals surface area contributed by atoms with Gasteiger partial charge in [-0.1, -0.05) is 16.8 Å². The third-order valence-corrected chi connectivity index (χ3v) is 2.21. The lowest BCUT2D eigenvalue weighted by Crippen LogP contribution is -1.98. The molecule has 2 aromatic rings. The van der Waals surface area contributed by atoms with E-state index in [4.69, 9.17) is 11.6 Å². The number of nitrogens with one attached hydrogen (secondary N) is 1. The van der Waals surface area contributed by atoms with Crippen LogP contribution in [0.25, 0.3) is 0 Å². The van der Waals surface area contributed by atoms with Crippen LogP contribution in [0, 0.1) is 5.82 Å². The molecule has 0 spiro atoms. The molecule has 1 aromatic heterocycles. The van der Waals surface area contributed by atoms with Crippen LogP contribution in [0.5, 0.6) is 0 Å². The molecule has 0 aliphatic carbocycles. The third-order valence-electron chi connectivity index (χ3n) is 1.90. The van der Waals surface area contributed by atoms with Crippen molar-refractivity contribution in [1.82, 2.24) is 5.16 Å². The molecule has 1 aromatic carbocycles. The third kappa shape index (κ3) is 2.47. The van der Waals surface area contributed by atoms with Crippen molar-refractivity contribution in [2.45, 2.75) is 6.54 Å². The summed E-state index contributed by atoms with van der Waals surface area (Å²) in [6.45, 7) is 0.532. The predicted molar refractivity (Wildman–Crippen MR) is 55.2 cm³/mol. The summed E-state index contributed by atoms with van der Waals surface area (Å²) in [6.07, 6.45) is 3.12. The molecular formula is C10H8ClFN2O. The summed E-state index contributed by atoms with van der Waals surface area (Å²) in [5, 5.41) is 6.69. The summed E-state index contributed by atoms with van der Waals surface area (Å²) < 4.78 is 17.7. The number of hydrogen-bond donors (Lipinski definition) is 1. The number of aromatic nitrogens is 1. The Bertz CT molecular complexity index is 445. The predicted octanol–water partition coefficient (Wildman–Crippen LogP) is 3.08. The molecule has 15 heavy (non-hydrogen) atoms. The van der Waals surface area contributed by atoms with Gasteiger partial charge in [0, 0.05) is 17.8 Å². The number of hydrogen-bond acceptors (Lipinski definition) is 3. The molecule has 0 saturated carbocycles. The maximum Gasteiger partial charge on any atom is 0.143 e. The molecule has 5 heteroatoms. The average Bonchev–Trinajstić information content (AvgIpc) is 2.73. The van der Waals surface area contributed by atoms with Crippen molar-refractivity contribution in [3.05, 3.63) is 47.1 Å². The second-order valence-electron chi connectivity index (χ2n) is 3.02. The molecule has 0 bridgehead atoms. The van der Waals surface area contributed by atoms with E-state index < -0.39 is 5.82 Å². The molecule has 2 rings (SSSR count). The van der Waals surface area contributed by atoms with Gasteiger partial charge in [0.1, 0.15) is 12.1 Å². The first kappa shape index (κ1) is 9.98. The van der Waals surface area contributed by atoms with Gasteiger partial charge in [0.05, 0.1) is 11.2 Å². The second-order valence-corrected chi connectivity index (χ2v) is 3.42. The van der Waals surface area contributed by atoms with Gasteiger partial charge in [-0.2, -0.15) is 0 Å². The summed E-state index contributed by atoms with van der Waals surface area (Å²) in [5.74, 6) is -0.438. The van der Waals surface area contributed by atoms with Crippen molar-refractivity contribution >= 4 is 17.3 Å². The van der Waals surface area contributed by atoms with Crippen molar-refractivity contribution in [1.29, 1.82) is 0 Å². The van der Waals surface area contributed by atoms with Crippen molar-refractivity contribution in [3.63, 3.8) is 0 Å². The molecule has 0 radical (unpaired) electrons. The standard InChI is InChI=1S/C10H8ClFN2O/c11-9-2-1-8(3-10(9)12)13-4-7-5-14-15-6-7/h1-3,5-6,13H,4H2. The first-order valence-electron chi connectivity index (χ1n) is 4.33. The highest BCUT2D eigenvalue weighted by molar-refractivity contribution is 6.30. The van der Waals surface area contributed by atoms with Gasteiger partial charge in [-0.3, -0.25) is 0 Å². The Hall–Kier alpha value is -1.55. The zero-order valence-electron chi connectivity index (χ0n) is 7.71. The lowest BCUT2D eigenvalue weighted by molar-refractivity contribution is 0.419. The van der Waals surface area contributed by atoms with E-state index in [9.17, 15) is 4.39 Å². The summed E-state index contributed by atoms with van der Waals surface area (Å²) in [4.78, 5) is 0. The molecule has 1 N–H and O–H groups in total. The lowest BCUT2D eigenvalue weighted by atomic mass is 10.3. The quantitative estimate of drug-likeness (QED) is 0.874. The van der Waals surface area contributed by atoms with Gasteiger partial charge in [0.2, 0.25) is 0 Å². The SMILES string of the molecule is Fc1cc(NCc2cnoc2)ccc1Cl. The normalized spacial score (nSPS) is 10.3. The fraction of sp³-hybridized carbons (Fsp3) is 0.100. The van der Waals surface area contributed by atoms with E-state index in [1.54, 1.807) is 12.3 Å². The minimum Gasteiger partial charge on any atom is -0.381 e. The molecule has 0 amide bonds. The highest BCUT2D eigenvalue weighted by Crippen LogP contribution is 2.19. The number of nitrogens with zero attached hydrogens (tertiary/aromatic N) is 1. The van der Waals surface area contributed by atoms with Gasteiger partial charge in [-0.25, -0.2) is 4.39 Å². The Balaban J connectivity index is 2.02. The molecule has 78 valence electrons. The molecule has 0 unspecified atom stereocenters. The van der Waals surface area contributed by atoms with Crippen molar-refractivity contribution in [2.24, 2.45) is 0 Å². The first-order chi connectivity index (χ1) is 7.25. The Morgan fingerprint density at radius 2 is 2.33 bits per heavy atom. The van der Waals surface area contributed by atoms with E-state index in [2.05, 4.69) is 15.0 Å². The fourth-order valence-electron chi connectivity index (χ4n) is 1.12. The summed E-state index contributed by atoms with van der Waals surface area (Å²) >= 11 is 5.55. The Labute approximate surface area is 90.8 Å². The Morgan fingerprint density at radius 1 is 1.47 bits per heavy atom. The maximum absolute atomic E-state index is 13.0. The molecular weight excluding hydrogens is 219 g/mol. The Kier molecular flexibility index (Phi) is 2.87.